The van der Waals surface area contributed by atoms with E-state index in [0.29, 0.717) is 12.0 Å². The monoisotopic (exact) mass is 302 g/mol. The number of rotatable bonds is 3. The highest BCUT2D eigenvalue weighted by molar-refractivity contribution is 7.13. The fraction of sp³-hybridized carbons (Fsp3) is 0.533. The van der Waals surface area contributed by atoms with E-state index in [0.717, 1.165) is 35.8 Å². The Hall–Kier alpha value is -1.69. The zero-order valence-corrected chi connectivity index (χ0v) is 12.6. The molecule has 0 spiro atoms. The third kappa shape index (κ3) is 2.60. The lowest BCUT2D eigenvalue weighted by atomic mass is 10.1. The number of aromatic nitrogens is 3. The van der Waals surface area contributed by atoms with E-state index in [1.165, 1.54) is 12.8 Å². The Bertz CT molecular complexity index is 632. The molecule has 0 aromatic carbocycles. The number of carbonyl (C=O) groups excluding carboxylic acids is 1. The van der Waals surface area contributed by atoms with E-state index in [1.54, 1.807) is 23.7 Å². The lowest BCUT2D eigenvalue weighted by Crippen LogP contribution is -2.40. The van der Waals surface area contributed by atoms with Crippen LogP contribution in [0.25, 0.3) is 0 Å². The number of hydrogen-bond acceptors (Lipinski definition) is 4. The van der Waals surface area contributed by atoms with Gasteiger partial charge in [0.25, 0.3) is 5.91 Å². The second-order valence-electron chi connectivity index (χ2n) is 5.89. The minimum atomic E-state index is 0.143. The molecule has 5 nitrogen and oxygen atoms in total. The van der Waals surface area contributed by atoms with Crippen LogP contribution in [0.3, 0.4) is 0 Å². The van der Waals surface area contributed by atoms with Gasteiger partial charge in [0, 0.05) is 31.4 Å². The van der Waals surface area contributed by atoms with Gasteiger partial charge in [-0.3, -0.25) is 4.79 Å². The summed E-state index contributed by atoms with van der Waals surface area (Å²) in [4.78, 5) is 23.9. The largest absolute Gasteiger partial charge is 0.336 e. The van der Waals surface area contributed by atoms with Gasteiger partial charge in [-0.15, -0.1) is 11.3 Å². The highest BCUT2D eigenvalue weighted by atomic mass is 32.1. The fourth-order valence-electron chi connectivity index (χ4n) is 2.93. The van der Waals surface area contributed by atoms with Crippen LogP contribution in [-0.4, -0.2) is 38.4 Å². The van der Waals surface area contributed by atoms with Gasteiger partial charge in [0.2, 0.25) is 0 Å². The second kappa shape index (κ2) is 5.26. The van der Waals surface area contributed by atoms with Gasteiger partial charge in [-0.25, -0.2) is 9.97 Å². The smallest absolute Gasteiger partial charge is 0.265 e. The molecule has 1 saturated heterocycles. The van der Waals surface area contributed by atoms with Crippen LogP contribution in [0.2, 0.25) is 0 Å². The molecule has 1 aliphatic heterocycles. The Balaban J connectivity index is 1.47. The minimum Gasteiger partial charge on any atom is -0.336 e. The number of nitrogens with zero attached hydrogens (tertiary/aromatic N) is 4. The Kier molecular flexibility index (Phi) is 3.25. The summed E-state index contributed by atoms with van der Waals surface area (Å²) in [6.45, 7) is 1.62. The van der Waals surface area contributed by atoms with Crippen LogP contribution in [-0.2, 0) is 0 Å². The van der Waals surface area contributed by atoms with Crippen LogP contribution in [0.4, 0.5) is 0 Å². The van der Waals surface area contributed by atoms with Crippen molar-refractivity contribution in [3.8, 4) is 0 Å². The molecule has 0 unspecified atom stereocenters. The van der Waals surface area contributed by atoms with Gasteiger partial charge < -0.3 is 9.47 Å². The molecular weight excluding hydrogens is 284 g/mol. The Morgan fingerprint density at radius 1 is 1.33 bits per heavy atom. The number of carbonyl (C=O) groups is 1. The maximum Gasteiger partial charge on any atom is 0.265 e. The van der Waals surface area contributed by atoms with E-state index >= 15 is 0 Å². The molecule has 1 aliphatic carbocycles. The first kappa shape index (κ1) is 13.0. The van der Waals surface area contributed by atoms with Gasteiger partial charge in [-0.05, 0) is 25.7 Å². The van der Waals surface area contributed by atoms with Crippen LogP contribution in [0.5, 0.6) is 0 Å². The molecule has 21 heavy (non-hydrogen) atoms. The first-order valence-electron chi connectivity index (χ1n) is 7.53. The van der Waals surface area contributed by atoms with E-state index < -0.39 is 0 Å². The molecule has 2 aromatic rings. The molecular formula is C15H18N4OS. The van der Waals surface area contributed by atoms with E-state index in [4.69, 9.17) is 0 Å². The van der Waals surface area contributed by atoms with Crippen LogP contribution >= 0.6 is 11.3 Å². The highest BCUT2D eigenvalue weighted by Crippen LogP contribution is 2.42. The second-order valence-corrected chi connectivity index (χ2v) is 6.96. The topological polar surface area (TPSA) is 51.0 Å². The molecule has 1 amide bonds. The van der Waals surface area contributed by atoms with E-state index in [1.807, 2.05) is 17.4 Å². The van der Waals surface area contributed by atoms with Gasteiger partial charge in [0.15, 0.2) is 0 Å². The molecule has 2 aromatic heterocycles. The van der Waals surface area contributed by atoms with Crippen molar-refractivity contribution >= 4 is 17.2 Å². The van der Waals surface area contributed by atoms with Crippen molar-refractivity contribution in [2.45, 2.75) is 37.6 Å². The maximum absolute atomic E-state index is 12.6. The number of imidazole rings is 1. The molecule has 2 aliphatic rings. The first-order valence-corrected chi connectivity index (χ1v) is 8.35. The number of piperidine rings is 1. The van der Waals surface area contributed by atoms with Crippen LogP contribution in [0, 0.1) is 0 Å². The van der Waals surface area contributed by atoms with E-state index in [2.05, 4.69) is 14.5 Å². The molecule has 0 N–H and O–H groups in total. The molecule has 1 atom stereocenters. The zero-order chi connectivity index (χ0) is 14.2. The van der Waals surface area contributed by atoms with Gasteiger partial charge >= 0.3 is 0 Å². The molecule has 6 heteroatoms. The van der Waals surface area contributed by atoms with E-state index in [9.17, 15) is 4.79 Å². The van der Waals surface area contributed by atoms with E-state index in [-0.39, 0.29) is 5.91 Å². The fourth-order valence-corrected chi connectivity index (χ4v) is 3.98. The summed E-state index contributed by atoms with van der Waals surface area (Å²) in [5.41, 5.74) is 0. The maximum atomic E-state index is 12.6. The highest BCUT2D eigenvalue weighted by Gasteiger charge is 2.30. The van der Waals surface area contributed by atoms with Crippen LogP contribution < -0.4 is 0 Å². The van der Waals surface area contributed by atoms with Crippen molar-refractivity contribution < 1.29 is 4.79 Å². The van der Waals surface area contributed by atoms with Gasteiger partial charge in [-0.1, -0.05) is 0 Å². The van der Waals surface area contributed by atoms with Gasteiger partial charge in [0.05, 0.1) is 23.6 Å². The third-order valence-electron chi connectivity index (χ3n) is 4.29. The van der Waals surface area contributed by atoms with Crippen LogP contribution in [0.15, 0.2) is 24.9 Å². The normalized spacial score (nSPS) is 22.5. The zero-order valence-electron chi connectivity index (χ0n) is 11.8. The quantitative estimate of drug-likeness (QED) is 0.876. The SMILES string of the molecule is O=C(c1cnc(C2CC2)s1)N1CCC[C@@H](n2ccnc2)C1. The molecule has 3 heterocycles. The molecule has 0 bridgehead atoms. The van der Waals surface area contributed by atoms with Crippen molar-refractivity contribution in [1.82, 2.24) is 19.4 Å². The van der Waals surface area contributed by atoms with Crippen molar-refractivity contribution in [3.63, 3.8) is 0 Å². The van der Waals surface area contributed by atoms with Crippen LogP contribution in [0.1, 0.15) is 52.3 Å². The number of likely N-dealkylation sites (tertiary alicyclic amines) is 1. The summed E-state index contributed by atoms with van der Waals surface area (Å²) < 4.78 is 2.11. The standard InChI is InChI=1S/C15H18N4OS/c20-15(13-8-17-14(21-13)11-3-4-11)18-6-1-2-12(9-18)19-7-5-16-10-19/h5,7-8,10-12H,1-4,6,9H2/t12-/m1/s1. The molecule has 1 saturated carbocycles. The summed E-state index contributed by atoms with van der Waals surface area (Å²) in [7, 11) is 0. The number of hydrogen-bond donors (Lipinski definition) is 0. The molecule has 2 fully saturated rings. The summed E-state index contributed by atoms with van der Waals surface area (Å²) in [6, 6.07) is 0.348. The lowest BCUT2D eigenvalue weighted by Gasteiger charge is -2.33. The van der Waals surface area contributed by atoms with Crippen molar-refractivity contribution in [2.24, 2.45) is 0 Å². The summed E-state index contributed by atoms with van der Waals surface area (Å²) >= 11 is 1.58. The van der Waals surface area contributed by atoms with Crippen molar-refractivity contribution in [2.75, 3.05) is 13.1 Å². The molecule has 0 radical (unpaired) electrons. The van der Waals surface area contributed by atoms with Gasteiger partial charge in [0.1, 0.15) is 4.88 Å². The Morgan fingerprint density at radius 3 is 3.00 bits per heavy atom. The predicted molar refractivity (Wildman–Crippen MR) is 80.5 cm³/mol. The van der Waals surface area contributed by atoms with Crippen molar-refractivity contribution in [3.05, 3.63) is 34.8 Å². The third-order valence-corrected chi connectivity index (χ3v) is 5.44. The van der Waals surface area contributed by atoms with Crippen molar-refractivity contribution in [1.29, 1.82) is 0 Å². The Morgan fingerprint density at radius 2 is 2.24 bits per heavy atom. The predicted octanol–water partition coefficient (Wildman–Crippen LogP) is 2.69. The molecule has 4 rings (SSSR count). The Labute approximate surface area is 127 Å². The summed E-state index contributed by atoms with van der Waals surface area (Å²) in [6.07, 6.45) is 12.0. The average molecular weight is 302 g/mol. The number of amides is 1. The summed E-state index contributed by atoms with van der Waals surface area (Å²) in [5, 5.41) is 1.14. The number of thiazole rings is 1. The van der Waals surface area contributed by atoms with Gasteiger partial charge in [-0.2, -0.15) is 0 Å². The molecule has 110 valence electrons. The first-order chi connectivity index (χ1) is 10.3. The lowest BCUT2D eigenvalue weighted by molar-refractivity contribution is 0.0684. The summed E-state index contributed by atoms with van der Waals surface area (Å²) in [5.74, 6) is 0.765. The minimum absolute atomic E-state index is 0.143. The average Bonchev–Trinajstić information content (AvgIpc) is 3.05.